The summed E-state index contributed by atoms with van der Waals surface area (Å²) in [6.45, 7) is 6.48. The number of likely N-dealkylation sites (N-methyl/N-ethyl adjacent to an activating group) is 1. The maximum absolute atomic E-state index is 9.47. The van der Waals surface area contributed by atoms with Crippen LogP contribution in [0, 0.1) is 0 Å². The van der Waals surface area contributed by atoms with Crippen molar-refractivity contribution in [3.63, 3.8) is 0 Å². The van der Waals surface area contributed by atoms with Crippen LogP contribution >= 0.6 is 17.0 Å². The molecule has 2 nitrogen and oxygen atoms in total. The monoisotopic (exact) mass is 271 g/mol. The first kappa shape index (κ1) is 12.5. The molecule has 0 spiro atoms. The van der Waals surface area contributed by atoms with Gasteiger partial charge in [0.05, 0.1) is 0 Å². The van der Waals surface area contributed by atoms with Gasteiger partial charge in [-0.25, -0.2) is 0 Å². The highest BCUT2D eigenvalue weighted by Crippen LogP contribution is 2.34. The highest BCUT2D eigenvalue weighted by molar-refractivity contribution is 8.93. The Morgan fingerprint density at radius 1 is 1.33 bits per heavy atom. The first-order valence-electron chi connectivity index (χ1n) is 5.00. The van der Waals surface area contributed by atoms with Gasteiger partial charge in [-0.3, -0.25) is 0 Å². The van der Waals surface area contributed by atoms with E-state index in [0.717, 1.165) is 13.1 Å². The van der Waals surface area contributed by atoms with Crippen molar-refractivity contribution in [3.05, 3.63) is 29.3 Å². The molecule has 0 saturated carbocycles. The van der Waals surface area contributed by atoms with Gasteiger partial charge in [-0.2, -0.15) is 0 Å². The van der Waals surface area contributed by atoms with E-state index in [-0.39, 0.29) is 22.4 Å². The van der Waals surface area contributed by atoms with Crippen molar-refractivity contribution in [1.82, 2.24) is 4.90 Å². The van der Waals surface area contributed by atoms with Crippen molar-refractivity contribution >= 4 is 17.0 Å². The molecule has 15 heavy (non-hydrogen) atoms. The van der Waals surface area contributed by atoms with Gasteiger partial charge in [0.1, 0.15) is 5.75 Å². The Balaban J connectivity index is 0.00000112. The van der Waals surface area contributed by atoms with Crippen LogP contribution in [0.5, 0.6) is 5.75 Å². The lowest BCUT2D eigenvalue weighted by atomic mass is 9.78. The third-order valence-electron chi connectivity index (χ3n) is 2.93. The Bertz CT molecular complexity index is 363. The summed E-state index contributed by atoms with van der Waals surface area (Å²) >= 11 is 0. The van der Waals surface area contributed by atoms with Crippen LogP contribution in [-0.2, 0) is 12.0 Å². The van der Waals surface area contributed by atoms with Crippen molar-refractivity contribution < 1.29 is 5.11 Å². The summed E-state index contributed by atoms with van der Waals surface area (Å²) in [6, 6.07) is 5.71. The van der Waals surface area contributed by atoms with Gasteiger partial charge in [-0.15, -0.1) is 17.0 Å². The molecule has 0 aliphatic carbocycles. The number of rotatable bonds is 0. The maximum Gasteiger partial charge on any atom is 0.115 e. The van der Waals surface area contributed by atoms with Crippen molar-refractivity contribution in [1.29, 1.82) is 0 Å². The zero-order valence-electron chi connectivity index (χ0n) is 9.45. The molecular formula is C12H18BrNO. The minimum atomic E-state index is 0. The average molecular weight is 272 g/mol. The number of hydrogen-bond donors (Lipinski definition) is 1. The van der Waals surface area contributed by atoms with E-state index in [0.29, 0.717) is 5.75 Å². The molecule has 84 valence electrons. The zero-order valence-corrected chi connectivity index (χ0v) is 11.2. The predicted octanol–water partition coefficient (Wildman–Crippen LogP) is 2.69. The van der Waals surface area contributed by atoms with Crippen LogP contribution in [0.15, 0.2) is 18.2 Å². The number of halogens is 1. The fourth-order valence-electron chi connectivity index (χ4n) is 2.44. The molecule has 0 radical (unpaired) electrons. The molecule has 1 aliphatic heterocycles. The molecule has 1 aromatic carbocycles. The van der Waals surface area contributed by atoms with Crippen molar-refractivity contribution in [3.8, 4) is 5.75 Å². The summed E-state index contributed by atoms with van der Waals surface area (Å²) in [7, 11) is 2.14. The van der Waals surface area contributed by atoms with Gasteiger partial charge >= 0.3 is 0 Å². The van der Waals surface area contributed by atoms with Gasteiger partial charge in [0, 0.05) is 18.5 Å². The number of nitrogens with zero attached hydrogens (tertiary/aromatic N) is 1. The lowest BCUT2D eigenvalue weighted by Crippen LogP contribution is -2.39. The average Bonchev–Trinajstić information content (AvgIpc) is 2.05. The first-order valence-corrected chi connectivity index (χ1v) is 5.00. The minimum Gasteiger partial charge on any atom is -0.508 e. The zero-order chi connectivity index (χ0) is 10.3. The topological polar surface area (TPSA) is 23.5 Å². The molecule has 3 heteroatoms. The van der Waals surface area contributed by atoms with Crippen LogP contribution in [-0.4, -0.2) is 23.6 Å². The normalized spacial score (nSPS) is 19.1. The molecular weight excluding hydrogens is 254 g/mol. The Morgan fingerprint density at radius 2 is 2.00 bits per heavy atom. The van der Waals surface area contributed by atoms with E-state index < -0.39 is 0 Å². The first-order chi connectivity index (χ1) is 6.49. The number of phenols is 1. The SMILES string of the molecule is Br.CN1Cc2ccc(O)cc2C(C)(C)C1. The molecule has 1 aliphatic rings. The molecule has 2 rings (SSSR count). The van der Waals surface area contributed by atoms with Gasteiger partial charge in [0.25, 0.3) is 0 Å². The second-order valence-corrected chi connectivity index (χ2v) is 4.90. The molecule has 0 amide bonds. The number of benzene rings is 1. The second kappa shape index (κ2) is 4.14. The van der Waals surface area contributed by atoms with Crippen LogP contribution in [0.3, 0.4) is 0 Å². The Labute approximate surface area is 102 Å². The molecule has 1 heterocycles. The van der Waals surface area contributed by atoms with Crippen LogP contribution in [0.25, 0.3) is 0 Å². The van der Waals surface area contributed by atoms with Gasteiger partial charge in [-0.05, 0) is 30.3 Å². The third kappa shape index (κ3) is 2.34. The lowest BCUT2D eigenvalue weighted by Gasteiger charge is -2.38. The number of aromatic hydroxyl groups is 1. The molecule has 1 N–H and O–H groups in total. The fraction of sp³-hybridized carbons (Fsp3) is 0.500. The fourth-order valence-corrected chi connectivity index (χ4v) is 2.44. The van der Waals surface area contributed by atoms with E-state index in [4.69, 9.17) is 0 Å². The highest BCUT2D eigenvalue weighted by Gasteiger charge is 2.30. The summed E-state index contributed by atoms with van der Waals surface area (Å²) < 4.78 is 0. The van der Waals surface area contributed by atoms with Crippen LogP contribution in [0.1, 0.15) is 25.0 Å². The van der Waals surface area contributed by atoms with Gasteiger partial charge in [-0.1, -0.05) is 19.9 Å². The third-order valence-corrected chi connectivity index (χ3v) is 2.93. The molecule has 0 fully saturated rings. The van der Waals surface area contributed by atoms with Crippen molar-refractivity contribution in [2.24, 2.45) is 0 Å². The summed E-state index contributed by atoms with van der Waals surface area (Å²) in [5.41, 5.74) is 2.76. The van der Waals surface area contributed by atoms with Gasteiger partial charge < -0.3 is 10.0 Å². The highest BCUT2D eigenvalue weighted by atomic mass is 79.9. The van der Waals surface area contributed by atoms with E-state index in [1.807, 2.05) is 12.1 Å². The Kier molecular flexibility index (Phi) is 3.46. The second-order valence-electron chi connectivity index (χ2n) is 4.90. The van der Waals surface area contributed by atoms with E-state index in [9.17, 15) is 5.11 Å². The smallest absolute Gasteiger partial charge is 0.115 e. The molecule has 0 unspecified atom stereocenters. The summed E-state index contributed by atoms with van der Waals surface area (Å²) in [6.07, 6.45) is 0. The van der Waals surface area contributed by atoms with Crippen molar-refractivity contribution in [2.45, 2.75) is 25.8 Å². The summed E-state index contributed by atoms with van der Waals surface area (Å²) in [4.78, 5) is 2.32. The largest absolute Gasteiger partial charge is 0.508 e. The number of fused-ring (bicyclic) bond motifs is 1. The lowest BCUT2D eigenvalue weighted by molar-refractivity contribution is 0.235. The van der Waals surface area contributed by atoms with E-state index >= 15 is 0 Å². The Hall–Kier alpha value is -0.540. The Morgan fingerprint density at radius 3 is 2.67 bits per heavy atom. The minimum absolute atomic E-state index is 0. The van der Waals surface area contributed by atoms with Crippen LogP contribution in [0.2, 0.25) is 0 Å². The predicted molar refractivity (Wildman–Crippen MR) is 67.8 cm³/mol. The van der Waals surface area contributed by atoms with E-state index in [1.54, 1.807) is 6.07 Å². The molecule has 0 atom stereocenters. The van der Waals surface area contributed by atoms with Crippen molar-refractivity contribution in [2.75, 3.05) is 13.6 Å². The summed E-state index contributed by atoms with van der Waals surface area (Å²) in [5, 5.41) is 9.47. The summed E-state index contributed by atoms with van der Waals surface area (Å²) in [5.74, 6) is 0.376. The molecule has 1 aromatic rings. The molecule has 0 aromatic heterocycles. The standard InChI is InChI=1S/C12H17NO.BrH/c1-12(2)8-13(3)7-9-4-5-10(14)6-11(9)12;/h4-6,14H,7-8H2,1-3H3;1H. The van der Waals surface area contributed by atoms with Gasteiger partial charge in [0.15, 0.2) is 0 Å². The number of phenolic OH excluding ortho intramolecular Hbond substituents is 1. The number of hydrogen-bond acceptors (Lipinski definition) is 2. The van der Waals surface area contributed by atoms with E-state index in [1.165, 1.54) is 11.1 Å². The maximum atomic E-state index is 9.47. The van der Waals surface area contributed by atoms with Crippen LogP contribution in [0.4, 0.5) is 0 Å². The van der Waals surface area contributed by atoms with Gasteiger partial charge in [0.2, 0.25) is 0 Å². The molecule has 0 bridgehead atoms. The quantitative estimate of drug-likeness (QED) is 0.785. The van der Waals surface area contributed by atoms with Crippen LogP contribution < -0.4 is 0 Å². The molecule has 0 saturated heterocycles. The van der Waals surface area contributed by atoms with E-state index in [2.05, 4.69) is 25.8 Å².